The molecule has 0 saturated carbocycles. The number of carbonyl (C=O) groups excluding carboxylic acids is 1. The van der Waals surface area contributed by atoms with E-state index in [-0.39, 0.29) is 5.91 Å². The number of nitrogens with zero attached hydrogens (tertiary/aromatic N) is 1. The van der Waals surface area contributed by atoms with Gasteiger partial charge in [-0.25, -0.2) is 0 Å². The Labute approximate surface area is 76.0 Å². The molecule has 0 heterocycles. The van der Waals surface area contributed by atoms with E-state index < -0.39 is 0 Å². The van der Waals surface area contributed by atoms with Crippen LogP contribution in [0.4, 0.5) is 11.4 Å². The molecule has 1 amide bonds. The molecule has 0 atom stereocenters. The van der Waals surface area contributed by atoms with E-state index in [2.05, 4.69) is 5.32 Å². The molecule has 0 aromatic heterocycles. The van der Waals surface area contributed by atoms with Crippen molar-refractivity contribution in [1.82, 2.24) is 0 Å². The molecule has 4 heteroatoms. The number of nitrogens with two attached hydrogens (primary N) is 1. The van der Waals surface area contributed by atoms with Crippen molar-refractivity contribution in [2.75, 3.05) is 11.1 Å². The van der Waals surface area contributed by atoms with E-state index in [1.54, 1.807) is 18.2 Å². The second-order valence-corrected chi connectivity index (χ2v) is 2.60. The summed E-state index contributed by atoms with van der Waals surface area (Å²) in [6.07, 6.45) is 0. The fraction of sp³-hybridized carbons (Fsp3) is 0.111. The summed E-state index contributed by atoms with van der Waals surface area (Å²) in [5, 5.41) is 11.1. The van der Waals surface area contributed by atoms with Crippen molar-refractivity contribution < 1.29 is 4.79 Å². The third-order valence-electron chi connectivity index (χ3n) is 1.49. The van der Waals surface area contributed by atoms with Gasteiger partial charge in [-0.2, -0.15) is 5.26 Å². The maximum atomic E-state index is 10.7. The Kier molecular flexibility index (Phi) is 2.50. The highest BCUT2D eigenvalue weighted by atomic mass is 16.1. The normalized spacial score (nSPS) is 8.92. The third kappa shape index (κ3) is 2.20. The lowest BCUT2D eigenvalue weighted by molar-refractivity contribution is -0.114. The van der Waals surface area contributed by atoms with Crippen LogP contribution in [0.5, 0.6) is 0 Å². The number of amides is 1. The average Bonchev–Trinajstić information content (AvgIpc) is 2.03. The molecular weight excluding hydrogens is 166 g/mol. The first-order valence-corrected chi connectivity index (χ1v) is 3.70. The number of nitrogen functional groups attached to an aromatic ring is 1. The van der Waals surface area contributed by atoms with Crippen molar-refractivity contribution in [2.45, 2.75) is 6.92 Å². The molecule has 3 N–H and O–H groups in total. The van der Waals surface area contributed by atoms with Gasteiger partial charge in [0.05, 0.1) is 11.3 Å². The van der Waals surface area contributed by atoms with Crippen molar-refractivity contribution in [3.63, 3.8) is 0 Å². The van der Waals surface area contributed by atoms with E-state index in [0.29, 0.717) is 16.9 Å². The lowest BCUT2D eigenvalue weighted by atomic mass is 10.2. The smallest absolute Gasteiger partial charge is 0.221 e. The van der Waals surface area contributed by atoms with Gasteiger partial charge in [0.1, 0.15) is 6.07 Å². The van der Waals surface area contributed by atoms with Gasteiger partial charge in [0.25, 0.3) is 0 Å². The number of benzene rings is 1. The fourth-order valence-electron chi connectivity index (χ4n) is 0.946. The number of nitrogens with one attached hydrogen (secondary N) is 1. The SMILES string of the molecule is CC(=O)Nc1ccc(C#N)c(N)c1. The van der Waals surface area contributed by atoms with Crippen molar-refractivity contribution >= 4 is 17.3 Å². The number of carbonyl (C=O) groups is 1. The summed E-state index contributed by atoms with van der Waals surface area (Å²) in [6.45, 7) is 1.41. The largest absolute Gasteiger partial charge is 0.398 e. The van der Waals surface area contributed by atoms with E-state index in [4.69, 9.17) is 11.0 Å². The van der Waals surface area contributed by atoms with Crippen LogP contribution in [0.2, 0.25) is 0 Å². The predicted octanol–water partition coefficient (Wildman–Crippen LogP) is 1.10. The van der Waals surface area contributed by atoms with Gasteiger partial charge in [-0.05, 0) is 18.2 Å². The van der Waals surface area contributed by atoms with E-state index in [0.717, 1.165) is 0 Å². The molecule has 0 aliphatic heterocycles. The van der Waals surface area contributed by atoms with Gasteiger partial charge < -0.3 is 11.1 Å². The minimum atomic E-state index is -0.163. The van der Waals surface area contributed by atoms with Crippen LogP contribution < -0.4 is 11.1 Å². The highest BCUT2D eigenvalue weighted by Crippen LogP contribution is 2.16. The van der Waals surface area contributed by atoms with Crippen molar-refractivity contribution in [1.29, 1.82) is 5.26 Å². The van der Waals surface area contributed by atoms with Crippen molar-refractivity contribution in [3.8, 4) is 6.07 Å². The Morgan fingerprint density at radius 1 is 1.62 bits per heavy atom. The first kappa shape index (κ1) is 9.07. The summed E-state index contributed by atoms with van der Waals surface area (Å²) in [5.41, 5.74) is 6.92. The van der Waals surface area contributed by atoms with Crippen LogP contribution in [0, 0.1) is 11.3 Å². The second-order valence-electron chi connectivity index (χ2n) is 2.60. The van der Waals surface area contributed by atoms with E-state index in [1.807, 2.05) is 6.07 Å². The molecule has 13 heavy (non-hydrogen) atoms. The topological polar surface area (TPSA) is 78.9 Å². The predicted molar refractivity (Wildman–Crippen MR) is 49.9 cm³/mol. The quantitative estimate of drug-likeness (QED) is 0.627. The zero-order valence-corrected chi connectivity index (χ0v) is 7.16. The first-order chi connectivity index (χ1) is 6.13. The molecule has 0 unspecified atom stereocenters. The third-order valence-corrected chi connectivity index (χ3v) is 1.49. The molecule has 0 bridgehead atoms. The molecule has 4 nitrogen and oxygen atoms in total. The van der Waals surface area contributed by atoms with Crippen LogP contribution in [-0.2, 0) is 4.79 Å². The maximum Gasteiger partial charge on any atom is 0.221 e. The van der Waals surface area contributed by atoms with Gasteiger partial charge >= 0.3 is 0 Å². The first-order valence-electron chi connectivity index (χ1n) is 3.70. The van der Waals surface area contributed by atoms with Crippen LogP contribution in [-0.4, -0.2) is 5.91 Å². The van der Waals surface area contributed by atoms with Crippen LogP contribution in [0.15, 0.2) is 18.2 Å². The van der Waals surface area contributed by atoms with Gasteiger partial charge in [0.2, 0.25) is 5.91 Å². The summed E-state index contributed by atoms with van der Waals surface area (Å²) < 4.78 is 0. The summed E-state index contributed by atoms with van der Waals surface area (Å²) in [5.74, 6) is -0.163. The number of hydrogen-bond acceptors (Lipinski definition) is 3. The Morgan fingerprint density at radius 3 is 2.77 bits per heavy atom. The average molecular weight is 175 g/mol. The fourth-order valence-corrected chi connectivity index (χ4v) is 0.946. The van der Waals surface area contributed by atoms with Crippen LogP contribution >= 0.6 is 0 Å². The molecule has 1 aromatic rings. The summed E-state index contributed by atoms with van der Waals surface area (Å²) in [6, 6.07) is 6.70. The van der Waals surface area contributed by atoms with Crippen LogP contribution in [0.1, 0.15) is 12.5 Å². The van der Waals surface area contributed by atoms with Gasteiger partial charge in [-0.3, -0.25) is 4.79 Å². The zero-order valence-electron chi connectivity index (χ0n) is 7.16. The number of hydrogen-bond donors (Lipinski definition) is 2. The molecule has 0 spiro atoms. The minimum Gasteiger partial charge on any atom is -0.398 e. The van der Waals surface area contributed by atoms with Crippen molar-refractivity contribution in [3.05, 3.63) is 23.8 Å². The molecule has 0 saturated heterocycles. The summed E-state index contributed by atoms with van der Waals surface area (Å²) in [7, 11) is 0. The molecule has 0 aliphatic rings. The van der Waals surface area contributed by atoms with Crippen LogP contribution in [0.3, 0.4) is 0 Å². The standard InChI is InChI=1S/C9H9N3O/c1-6(13)12-8-3-2-7(5-10)9(11)4-8/h2-4H,11H2,1H3,(H,12,13). The summed E-state index contributed by atoms with van der Waals surface area (Å²) in [4.78, 5) is 10.7. The van der Waals surface area contributed by atoms with E-state index >= 15 is 0 Å². The van der Waals surface area contributed by atoms with Crippen molar-refractivity contribution in [2.24, 2.45) is 0 Å². The molecule has 1 aromatic carbocycles. The Bertz CT molecular complexity index is 379. The van der Waals surface area contributed by atoms with E-state index in [9.17, 15) is 4.79 Å². The Hall–Kier alpha value is -2.02. The maximum absolute atomic E-state index is 10.7. The highest BCUT2D eigenvalue weighted by Gasteiger charge is 2.00. The molecule has 66 valence electrons. The Balaban J connectivity index is 2.97. The number of rotatable bonds is 1. The highest BCUT2D eigenvalue weighted by molar-refractivity contribution is 5.89. The van der Waals surface area contributed by atoms with Gasteiger partial charge in [-0.1, -0.05) is 0 Å². The molecular formula is C9H9N3O. The lowest BCUT2D eigenvalue weighted by Crippen LogP contribution is -2.06. The number of nitriles is 1. The molecule has 0 fully saturated rings. The monoisotopic (exact) mass is 175 g/mol. The Morgan fingerprint density at radius 2 is 2.31 bits per heavy atom. The van der Waals surface area contributed by atoms with Gasteiger partial charge in [0.15, 0.2) is 0 Å². The lowest BCUT2D eigenvalue weighted by Gasteiger charge is -2.03. The van der Waals surface area contributed by atoms with E-state index in [1.165, 1.54) is 6.92 Å². The van der Waals surface area contributed by atoms with Crippen LogP contribution in [0.25, 0.3) is 0 Å². The molecule has 1 rings (SSSR count). The number of anilines is 2. The molecule has 0 aliphatic carbocycles. The zero-order chi connectivity index (χ0) is 9.84. The second kappa shape index (κ2) is 3.59. The van der Waals surface area contributed by atoms with Gasteiger partial charge in [-0.15, -0.1) is 0 Å². The minimum absolute atomic E-state index is 0.163. The van der Waals surface area contributed by atoms with Gasteiger partial charge in [0, 0.05) is 12.6 Å². The molecule has 0 radical (unpaired) electrons. The summed E-state index contributed by atoms with van der Waals surface area (Å²) >= 11 is 0.